The summed E-state index contributed by atoms with van der Waals surface area (Å²) in [5, 5.41) is 3.49. The number of rotatable bonds is 5. The first-order valence-corrected chi connectivity index (χ1v) is 9.13. The predicted octanol–water partition coefficient (Wildman–Crippen LogP) is 4.39. The zero-order valence-corrected chi connectivity index (χ0v) is 15.7. The number of pyridine rings is 1. The third-order valence-corrected chi connectivity index (χ3v) is 4.54. The number of fused-ring (bicyclic) bond motifs is 1. The van der Waals surface area contributed by atoms with Crippen LogP contribution in [0.15, 0.2) is 54.9 Å². The minimum atomic E-state index is 0.0111. The molecule has 0 radical (unpaired) electrons. The Bertz CT molecular complexity index is 1070. The molecule has 0 spiro atoms. The fourth-order valence-electron chi connectivity index (χ4n) is 3.32. The third-order valence-electron chi connectivity index (χ3n) is 4.54. The van der Waals surface area contributed by atoms with E-state index in [0.717, 1.165) is 40.5 Å². The molecule has 6 nitrogen and oxygen atoms in total. The number of benzene rings is 1. The third kappa shape index (κ3) is 3.38. The molecule has 6 heteroatoms. The Balaban J connectivity index is 1.67. The van der Waals surface area contributed by atoms with Crippen molar-refractivity contribution in [3.05, 3.63) is 66.4 Å². The van der Waals surface area contributed by atoms with Crippen molar-refractivity contribution >= 4 is 16.9 Å². The van der Waals surface area contributed by atoms with Crippen LogP contribution in [0.2, 0.25) is 0 Å². The van der Waals surface area contributed by atoms with E-state index in [-0.39, 0.29) is 6.04 Å². The smallest absolute Gasteiger partial charge is 0.161 e. The van der Waals surface area contributed by atoms with Crippen molar-refractivity contribution in [2.45, 2.75) is 33.4 Å². The number of hydrogen-bond acceptors (Lipinski definition) is 5. The summed E-state index contributed by atoms with van der Waals surface area (Å²) in [6.45, 7) is 7.09. The Morgan fingerprint density at radius 3 is 2.59 bits per heavy atom. The van der Waals surface area contributed by atoms with Crippen LogP contribution in [0.25, 0.3) is 22.4 Å². The van der Waals surface area contributed by atoms with Crippen molar-refractivity contribution < 1.29 is 0 Å². The standard InChI is InChI=1S/C21H22N6/c1-4-27-18-8-6-5-7-17(18)25-21(27)15(3)24-19-13-14(2)23-20(26-19)16-9-11-22-12-10-16/h5-13,15H,4H2,1-3H3,(H,23,24,26). The summed E-state index contributed by atoms with van der Waals surface area (Å²) < 4.78 is 2.24. The van der Waals surface area contributed by atoms with Crippen molar-refractivity contribution in [1.29, 1.82) is 0 Å². The van der Waals surface area contributed by atoms with Crippen molar-refractivity contribution in [1.82, 2.24) is 24.5 Å². The Hall–Kier alpha value is -3.28. The second-order valence-corrected chi connectivity index (χ2v) is 6.52. The van der Waals surface area contributed by atoms with Crippen LogP contribution < -0.4 is 5.32 Å². The average molecular weight is 358 g/mol. The number of nitrogens with one attached hydrogen (secondary N) is 1. The van der Waals surface area contributed by atoms with Gasteiger partial charge in [0.2, 0.25) is 0 Å². The van der Waals surface area contributed by atoms with Crippen LogP contribution in [0, 0.1) is 6.92 Å². The normalized spacial score (nSPS) is 12.3. The number of nitrogens with zero attached hydrogens (tertiary/aromatic N) is 5. The SMILES string of the molecule is CCn1c(C(C)Nc2cc(C)nc(-c3ccncc3)n2)nc2ccccc21. The van der Waals surface area contributed by atoms with Gasteiger partial charge >= 0.3 is 0 Å². The van der Waals surface area contributed by atoms with Crippen LogP contribution in [-0.2, 0) is 6.54 Å². The van der Waals surface area contributed by atoms with E-state index in [9.17, 15) is 0 Å². The Morgan fingerprint density at radius 1 is 1.04 bits per heavy atom. The van der Waals surface area contributed by atoms with E-state index < -0.39 is 0 Å². The molecule has 0 saturated carbocycles. The molecule has 4 rings (SSSR count). The highest BCUT2D eigenvalue weighted by Gasteiger charge is 2.16. The molecule has 0 saturated heterocycles. The Kier molecular flexibility index (Phi) is 4.54. The first-order chi connectivity index (χ1) is 13.2. The van der Waals surface area contributed by atoms with Gasteiger partial charge in [-0.3, -0.25) is 4.98 Å². The molecule has 3 aromatic heterocycles. The molecule has 0 amide bonds. The molecule has 0 aliphatic carbocycles. The molecule has 1 unspecified atom stereocenters. The second kappa shape index (κ2) is 7.15. The number of anilines is 1. The Morgan fingerprint density at radius 2 is 1.81 bits per heavy atom. The van der Waals surface area contributed by atoms with Gasteiger partial charge in [-0.1, -0.05) is 12.1 Å². The largest absolute Gasteiger partial charge is 0.360 e. The maximum atomic E-state index is 4.83. The first-order valence-electron chi connectivity index (χ1n) is 9.13. The van der Waals surface area contributed by atoms with Gasteiger partial charge in [-0.05, 0) is 45.0 Å². The zero-order valence-electron chi connectivity index (χ0n) is 15.7. The molecule has 1 aromatic carbocycles. The second-order valence-electron chi connectivity index (χ2n) is 6.52. The molecule has 0 aliphatic heterocycles. The summed E-state index contributed by atoms with van der Waals surface area (Å²) in [6, 6.07) is 14.0. The molecule has 0 bridgehead atoms. The summed E-state index contributed by atoms with van der Waals surface area (Å²) >= 11 is 0. The van der Waals surface area contributed by atoms with Crippen molar-refractivity contribution in [2.24, 2.45) is 0 Å². The maximum absolute atomic E-state index is 4.83. The number of para-hydroxylation sites is 2. The Labute approximate surface area is 158 Å². The van der Waals surface area contributed by atoms with Gasteiger partial charge in [-0.25, -0.2) is 15.0 Å². The van der Waals surface area contributed by atoms with Gasteiger partial charge in [-0.15, -0.1) is 0 Å². The molecule has 3 heterocycles. The number of imidazole rings is 1. The fraction of sp³-hybridized carbons (Fsp3) is 0.238. The lowest BCUT2D eigenvalue weighted by molar-refractivity contribution is 0.672. The van der Waals surface area contributed by atoms with Gasteiger partial charge < -0.3 is 9.88 Å². The number of hydrogen-bond donors (Lipinski definition) is 1. The summed E-state index contributed by atoms with van der Waals surface area (Å²) in [6.07, 6.45) is 3.50. The van der Waals surface area contributed by atoms with Crippen LogP contribution in [0.3, 0.4) is 0 Å². The lowest BCUT2D eigenvalue weighted by Crippen LogP contribution is -2.14. The summed E-state index contributed by atoms with van der Waals surface area (Å²) in [7, 11) is 0. The highest BCUT2D eigenvalue weighted by atomic mass is 15.1. The quantitative estimate of drug-likeness (QED) is 0.573. The summed E-state index contributed by atoms with van der Waals surface area (Å²) in [5.74, 6) is 2.48. The van der Waals surface area contributed by atoms with Gasteiger partial charge in [0, 0.05) is 36.3 Å². The molecular formula is C21H22N6. The van der Waals surface area contributed by atoms with Crippen molar-refractivity contribution in [2.75, 3.05) is 5.32 Å². The molecule has 4 aromatic rings. The van der Waals surface area contributed by atoms with Crippen LogP contribution in [0.5, 0.6) is 0 Å². The molecule has 1 N–H and O–H groups in total. The number of aryl methyl sites for hydroxylation is 2. The molecule has 0 aliphatic rings. The van der Waals surface area contributed by atoms with E-state index in [1.54, 1.807) is 12.4 Å². The van der Waals surface area contributed by atoms with Crippen LogP contribution in [-0.4, -0.2) is 24.5 Å². The number of aromatic nitrogens is 5. The van der Waals surface area contributed by atoms with Crippen molar-refractivity contribution in [3.8, 4) is 11.4 Å². The summed E-state index contributed by atoms with van der Waals surface area (Å²) in [5.41, 5.74) is 4.03. The minimum Gasteiger partial charge on any atom is -0.360 e. The average Bonchev–Trinajstić information content (AvgIpc) is 3.07. The lowest BCUT2D eigenvalue weighted by Gasteiger charge is -2.16. The molecule has 136 valence electrons. The van der Waals surface area contributed by atoms with Gasteiger partial charge in [0.25, 0.3) is 0 Å². The summed E-state index contributed by atoms with van der Waals surface area (Å²) in [4.78, 5) is 18.1. The fourth-order valence-corrected chi connectivity index (χ4v) is 3.32. The van der Waals surface area contributed by atoms with Gasteiger partial charge in [0.05, 0.1) is 17.1 Å². The maximum Gasteiger partial charge on any atom is 0.161 e. The van der Waals surface area contributed by atoms with E-state index in [1.807, 2.05) is 43.3 Å². The van der Waals surface area contributed by atoms with Crippen LogP contribution >= 0.6 is 0 Å². The van der Waals surface area contributed by atoms with Gasteiger partial charge in [-0.2, -0.15) is 0 Å². The van der Waals surface area contributed by atoms with Gasteiger partial charge in [0.15, 0.2) is 5.82 Å². The minimum absolute atomic E-state index is 0.0111. The highest BCUT2D eigenvalue weighted by molar-refractivity contribution is 5.76. The van der Waals surface area contributed by atoms with E-state index in [2.05, 4.69) is 39.8 Å². The van der Waals surface area contributed by atoms with E-state index in [0.29, 0.717) is 5.82 Å². The highest BCUT2D eigenvalue weighted by Crippen LogP contribution is 2.24. The molecule has 0 fully saturated rings. The topological polar surface area (TPSA) is 68.5 Å². The molecule has 27 heavy (non-hydrogen) atoms. The lowest BCUT2D eigenvalue weighted by atomic mass is 10.2. The van der Waals surface area contributed by atoms with E-state index in [4.69, 9.17) is 9.97 Å². The van der Waals surface area contributed by atoms with Gasteiger partial charge in [0.1, 0.15) is 11.6 Å². The first kappa shape index (κ1) is 17.1. The predicted molar refractivity (Wildman–Crippen MR) is 107 cm³/mol. The van der Waals surface area contributed by atoms with Crippen molar-refractivity contribution in [3.63, 3.8) is 0 Å². The van der Waals surface area contributed by atoms with Crippen LogP contribution in [0.4, 0.5) is 5.82 Å². The van der Waals surface area contributed by atoms with E-state index >= 15 is 0 Å². The zero-order chi connectivity index (χ0) is 18.8. The van der Waals surface area contributed by atoms with E-state index in [1.165, 1.54) is 0 Å². The molecular weight excluding hydrogens is 336 g/mol. The molecule has 1 atom stereocenters. The van der Waals surface area contributed by atoms with Crippen LogP contribution in [0.1, 0.15) is 31.4 Å². The monoisotopic (exact) mass is 358 g/mol.